The van der Waals surface area contributed by atoms with Crippen LogP contribution in [0.2, 0.25) is 0 Å². The Kier molecular flexibility index (Phi) is 7.69. The lowest BCUT2D eigenvalue weighted by Gasteiger charge is -2.29. The van der Waals surface area contributed by atoms with Gasteiger partial charge in [0.2, 0.25) is 21.8 Å². The van der Waals surface area contributed by atoms with Gasteiger partial charge in [0, 0.05) is 26.8 Å². The van der Waals surface area contributed by atoms with Crippen molar-refractivity contribution in [2.24, 2.45) is 0 Å². The van der Waals surface area contributed by atoms with Crippen molar-refractivity contribution >= 4 is 49.9 Å². The van der Waals surface area contributed by atoms with Crippen LogP contribution in [-0.2, 0) is 33.9 Å². The predicted octanol–water partition coefficient (Wildman–Crippen LogP) is 2.74. The number of nitrogens with zero attached hydrogens (tertiary/aromatic N) is 2. The normalized spacial score (nSPS) is 16.2. The Morgan fingerprint density at radius 3 is 2.30 bits per heavy atom. The van der Waals surface area contributed by atoms with Crippen molar-refractivity contribution in [1.82, 2.24) is 4.31 Å². The van der Waals surface area contributed by atoms with Crippen molar-refractivity contribution < 1.29 is 32.3 Å². The van der Waals surface area contributed by atoms with E-state index in [0.717, 1.165) is 14.6 Å². The van der Waals surface area contributed by atoms with Crippen LogP contribution in [0.5, 0.6) is 0 Å². The van der Waals surface area contributed by atoms with Crippen LogP contribution in [-0.4, -0.2) is 63.5 Å². The van der Waals surface area contributed by atoms with Gasteiger partial charge in [0.05, 0.1) is 23.5 Å². The summed E-state index contributed by atoms with van der Waals surface area (Å²) < 4.78 is 39.2. The van der Waals surface area contributed by atoms with E-state index >= 15 is 0 Å². The molecule has 11 heteroatoms. The van der Waals surface area contributed by atoms with Crippen LogP contribution < -0.4 is 10.2 Å². The highest BCUT2D eigenvalue weighted by atomic mass is 32.2. The Morgan fingerprint density at radius 2 is 1.68 bits per heavy atom. The number of benzene rings is 3. The maximum absolute atomic E-state index is 13.9. The van der Waals surface area contributed by atoms with Crippen molar-refractivity contribution in [1.29, 1.82) is 0 Å². The van der Waals surface area contributed by atoms with E-state index in [4.69, 9.17) is 9.47 Å². The van der Waals surface area contributed by atoms with Gasteiger partial charge in [0.15, 0.2) is 6.29 Å². The fourth-order valence-electron chi connectivity index (χ4n) is 4.26. The second kappa shape index (κ2) is 10.8. The molecule has 1 saturated heterocycles. The first-order valence-electron chi connectivity index (χ1n) is 11.5. The van der Waals surface area contributed by atoms with Crippen LogP contribution >= 0.6 is 0 Å². The quantitative estimate of drug-likeness (QED) is 0.337. The molecular formula is C26H27N3O7S. The minimum Gasteiger partial charge on any atom is -0.354 e. The summed E-state index contributed by atoms with van der Waals surface area (Å²) >= 11 is 0. The van der Waals surface area contributed by atoms with Crippen molar-refractivity contribution in [2.45, 2.75) is 30.6 Å². The van der Waals surface area contributed by atoms with Crippen LogP contribution in [0.15, 0.2) is 71.6 Å². The minimum absolute atomic E-state index is 0.0180. The summed E-state index contributed by atoms with van der Waals surface area (Å²) in [6.07, 6.45) is -1.32. The molecule has 1 unspecified atom stereocenters. The number of nitrogens with one attached hydrogen (secondary N) is 1. The molecule has 4 rings (SSSR count). The Labute approximate surface area is 214 Å². The average molecular weight is 526 g/mol. The van der Waals surface area contributed by atoms with Crippen molar-refractivity contribution in [3.63, 3.8) is 0 Å². The first-order chi connectivity index (χ1) is 17.6. The van der Waals surface area contributed by atoms with Crippen molar-refractivity contribution in [3.8, 4) is 0 Å². The zero-order chi connectivity index (χ0) is 26.7. The van der Waals surface area contributed by atoms with Gasteiger partial charge in [-0.3, -0.25) is 14.4 Å². The van der Waals surface area contributed by atoms with Gasteiger partial charge in [-0.25, -0.2) is 13.3 Å². The maximum Gasteiger partial charge on any atom is 0.252 e. The van der Waals surface area contributed by atoms with E-state index in [0.29, 0.717) is 11.1 Å². The van der Waals surface area contributed by atoms with Gasteiger partial charge in [-0.2, -0.15) is 4.31 Å². The molecule has 0 aromatic heterocycles. The number of hydrogen-bond acceptors (Lipinski definition) is 7. The van der Waals surface area contributed by atoms with Gasteiger partial charge < -0.3 is 14.8 Å². The third-order valence-corrected chi connectivity index (χ3v) is 7.97. The molecule has 1 aliphatic heterocycles. The number of sulfonamides is 1. The molecule has 3 aromatic rings. The van der Waals surface area contributed by atoms with E-state index in [9.17, 15) is 22.8 Å². The first kappa shape index (κ1) is 26.4. The van der Waals surface area contributed by atoms with E-state index in [2.05, 4.69) is 5.32 Å². The third kappa shape index (κ3) is 5.39. The van der Waals surface area contributed by atoms with Crippen LogP contribution in [0.3, 0.4) is 0 Å². The van der Waals surface area contributed by atoms with Gasteiger partial charge in [-0.1, -0.05) is 30.3 Å². The summed E-state index contributed by atoms with van der Waals surface area (Å²) in [6.45, 7) is 1.06. The lowest BCUT2D eigenvalue weighted by molar-refractivity contribution is -0.126. The number of ether oxygens (including phenoxy) is 2. The predicted molar refractivity (Wildman–Crippen MR) is 137 cm³/mol. The molecular weight excluding hydrogens is 498 g/mol. The molecule has 194 valence electrons. The number of imide groups is 1. The van der Waals surface area contributed by atoms with Gasteiger partial charge >= 0.3 is 0 Å². The Hall–Kier alpha value is -3.64. The molecule has 1 atom stereocenters. The fraction of sp³-hybridized carbons (Fsp3) is 0.269. The van der Waals surface area contributed by atoms with Gasteiger partial charge in [0.25, 0.3) is 5.91 Å². The van der Waals surface area contributed by atoms with E-state index in [1.165, 1.54) is 45.4 Å². The fourth-order valence-corrected chi connectivity index (χ4v) is 5.86. The highest BCUT2D eigenvalue weighted by Gasteiger charge is 2.47. The molecule has 1 fully saturated rings. The molecule has 0 spiro atoms. The SMILES string of the molecule is COC(CN(C1CC(=O)N(c2ccc(NC(C)=O)cc2)C1=O)S(=O)(=O)c1ccc2ccccc2c1)OC. The third-order valence-electron chi connectivity index (χ3n) is 6.10. The molecule has 0 radical (unpaired) electrons. The van der Waals surface area contributed by atoms with Crippen molar-refractivity contribution in [2.75, 3.05) is 31.0 Å². The molecule has 0 saturated carbocycles. The number of anilines is 2. The average Bonchev–Trinajstić information content (AvgIpc) is 3.17. The van der Waals surface area contributed by atoms with Gasteiger partial charge in [0.1, 0.15) is 6.04 Å². The summed E-state index contributed by atoms with van der Waals surface area (Å²) in [4.78, 5) is 38.7. The van der Waals surface area contributed by atoms with E-state index in [1.54, 1.807) is 30.3 Å². The van der Waals surface area contributed by atoms with Crippen molar-refractivity contribution in [3.05, 3.63) is 66.7 Å². The maximum atomic E-state index is 13.9. The zero-order valence-corrected chi connectivity index (χ0v) is 21.4. The molecule has 37 heavy (non-hydrogen) atoms. The lowest BCUT2D eigenvalue weighted by atomic mass is 10.1. The smallest absolute Gasteiger partial charge is 0.252 e. The minimum atomic E-state index is -4.25. The summed E-state index contributed by atoms with van der Waals surface area (Å²) in [7, 11) is -1.53. The Bertz CT molecular complexity index is 1440. The molecule has 1 aliphatic rings. The number of amides is 3. The van der Waals surface area contributed by atoms with E-state index < -0.39 is 34.2 Å². The van der Waals surface area contributed by atoms with E-state index in [1.807, 2.05) is 12.1 Å². The number of methoxy groups -OCH3 is 2. The largest absolute Gasteiger partial charge is 0.354 e. The highest BCUT2D eigenvalue weighted by molar-refractivity contribution is 7.89. The van der Waals surface area contributed by atoms with Crippen LogP contribution in [0.4, 0.5) is 11.4 Å². The summed E-state index contributed by atoms with van der Waals surface area (Å²) in [6, 6.07) is 16.8. The number of carbonyl (C=O) groups is 3. The van der Waals surface area contributed by atoms with Crippen LogP contribution in [0.1, 0.15) is 13.3 Å². The topological polar surface area (TPSA) is 122 Å². The second-order valence-electron chi connectivity index (χ2n) is 8.50. The monoisotopic (exact) mass is 525 g/mol. The Balaban J connectivity index is 1.70. The molecule has 10 nitrogen and oxygen atoms in total. The van der Waals surface area contributed by atoms with Crippen LogP contribution in [0.25, 0.3) is 10.8 Å². The number of hydrogen-bond donors (Lipinski definition) is 1. The van der Waals surface area contributed by atoms with Crippen LogP contribution in [0, 0.1) is 0 Å². The summed E-state index contributed by atoms with van der Waals surface area (Å²) in [5.74, 6) is -1.50. The lowest BCUT2D eigenvalue weighted by Crippen LogP contribution is -2.49. The molecule has 0 bridgehead atoms. The first-order valence-corrected chi connectivity index (χ1v) is 12.9. The number of fused-ring (bicyclic) bond motifs is 1. The standard InChI is InChI=1S/C26H27N3O7S/c1-17(30)27-20-9-11-21(12-10-20)29-24(31)15-23(26(29)32)28(16-25(35-2)36-3)37(33,34)22-13-8-18-6-4-5-7-19(18)14-22/h4-14,23,25H,15-16H2,1-3H3,(H,27,30). The zero-order valence-electron chi connectivity index (χ0n) is 20.6. The van der Waals surface area contributed by atoms with Gasteiger partial charge in [-0.05, 0) is 47.2 Å². The number of rotatable bonds is 9. The highest BCUT2D eigenvalue weighted by Crippen LogP contribution is 2.31. The molecule has 3 amide bonds. The second-order valence-corrected chi connectivity index (χ2v) is 10.4. The molecule has 3 aromatic carbocycles. The summed E-state index contributed by atoms with van der Waals surface area (Å²) in [5.41, 5.74) is 0.764. The Morgan fingerprint density at radius 1 is 1.03 bits per heavy atom. The molecule has 1 N–H and O–H groups in total. The number of carbonyl (C=O) groups excluding carboxylic acids is 3. The van der Waals surface area contributed by atoms with E-state index in [-0.39, 0.29) is 29.5 Å². The molecule has 0 aliphatic carbocycles. The van der Waals surface area contributed by atoms with Gasteiger partial charge in [-0.15, -0.1) is 0 Å². The summed E-state index contributed by atoms with van der Waals surface area (Å²) in [5, 5.41) is 4.19. The molecule has 1 heterocycles.